The van der Waals surface area contributed by atoms with Crippen LogP contribution in [-0.4, -0.2) is 47.0 Å². The van der Waals surface area contributed by atoms with Crippen molar-refractivity contribution in [2.75, 3.05) is 13.2 Å². The zero-order chi connectivity index (χ0) is 16.0. The Morgan fingerprint density at radius 3 is 3.00 bits per heavy atom. The molecule has 7 heteroatoms. The number of hydrogen-bond acceptors (Lipinski definition) is 5. The summed E-state index contributed by atoms with van der Waals surface area (Å²) in [6.07, 6.45) is -0.293. The van der Waals surface area contributed by atoms with Crippen LogP contribution in [0, 0.1) is 0 Å². The molecule has 1 aromatic carbocycles. The molecule has 120 valence electrons. The van der Waals surface area contributed by atoms with Gasteiger partial charge in [0, 0.05) is 11.2 Å². The number of thiophene rings is 1. The molecule has 1 N–H and O–H groups in total. The molecule has 2 amide bonds. The number of fused-ring (bicyclic) bond motifs is 2. The molecule has 23 heavy (non-hydrogen) atoms. The van der Waals surface area contributed by atoms with E-state index in [1.54, 1.807) is 16.2 Å². The molecule has 0 spiro atoms. The normalized spacial score (nSPS) is 25.1. The second kappa shape index (κ2) is 5.59. The Kier molecular flexibility index (Phi) is 3.56. The largest absolute Gasteiger partial charge is 0.331 e. The van der Waals surface area contributed by atoms with Gasteiger partial charge >= 0.3 is 0 Å². The van der Waals surface area contributed by atoms with Gasteiger partial charge in [0.1, 0.15) is 19.3 Å². The molecule has 2 atom stereocenters. The van der Waals surface area contributed by atoms with Gasteiger partial charge in [-0.05, 0) is 29.3 Å². The minimum absolute atomic E-state index is 0.0222. The van der Waals surface area contributed by atoms with E-state index < -0.39 is 0 Å². The fourth-order valence-corrected chi connectivity index (χ4v) is 4.19. The molecule has 2 unspecified atom stereocenters. The van der Waals surface area contributed by atoms with Crippen LogP contribution in [0.5, 0.6) is 0 Å². The summed E-state index contributed by atoms with van der Waals surface area (Å²) in [7, 11) is 0. The third-order valence-corrected chi connectivity index (χ3v) is 5.54. The van der Waals surface area contributed by atoms with Crippen molar-refractivity contribution in [1.82, 2.24) is 15.3 Å². The number of hydroxylamine groups is 1. The molecule has 0 bridgehead atoms. The third kappa shape index (κ3) is 2.41. The standard InChI is InChI=1S/C16H17N3O3S/c1-10-16-17-22-8-15(21)19(16)7-14(20)18(10)6-11-9-23-13-5-3-2-4-12(11)13/h2-5,9-10,16-17H,6-8H2,1H3. The average molecular weight is 331 g/mol. The van der Waals surface area contributed by atoms with Gasteiger partial charge in [0.15, 0.2) is 0 Å². The predicted molar refractivity (Wildman–Crippen MR) is 86.4 cm³/mol. The van der Waals surface area contributed by atoms with E-state index in [4.69, 9.17) is 4.84 Å². The van der Waals surface area contributed by atoms with Crippen molar-refractivity contribution < 1.29 is 14.4 Å². The molecular formula is C16H17N3O3S. The molecule has 2 saturated heterocycles. The van der Waals surface area contributed by atoms with Crippen molar-refractivity contribution in [1.29, 1.82) is 0 Å². The van der Waals surface area contributed by atoms with Crippen LogP contribution in [0.2, 0.25) is 0 Å². The maximum Gasteiger partial charge on any atom is 0.252 e. The van der Waals surface area contributed by atoms with Gasteiger partial charge in [0.05, 0.1) is 6.04 Å². The van der Waals surface area contributed by atoms with Crippen LogP contribution in [-0.2, 0) is 21.0 Å². The average Bonchev–Trinajstić information content (AvgIpc) is 2.96. The highest BCUT2D eigenvalue weighted by Crippen LogP contribution is 2.29. The van der Waals surface area contributed by atoms with Crippen molar-refractivity contribution >= 4 is 33.2 Å². The Labute approximate surface area is 137 Å². The summed E-state index contributed by atoms with van der Waals surface area (Å²) >= 11 is 1.69. The van der Waals surface area contributed by atoms with E-state index in [1.807, 2.05) is 24.0 Å². The van der Waals surface area contributed by atoms with E-state index in [0.717, 1.165) is 5.56 Å². The third-order valence-electron chi connectivity index (χ3n) is 4.53. The van der Waals surface area contributed by atoms with Gasteiger partial charge in [-0.15, -0.1) is 11.3 Å². The van der Waals surface area contributed by atoms with Crippen LogP contribution >= 0.6 is 11.3 Å². The van der Waals surface area contributed by atoms with Crippen LogP contribution in [0.1, 0.15) is 12.5 Å². The second-order valence-corrected chi connectivity index (χ2v) is 6.80. The molecule has 3 heterocycles. The minimum Gasteiger partial charge on any atom is -0.331 e. The van der Waals surface area contributed by atoms with Crippen molar-refractivity contribution in [3.63, 3.8) is 0 Å². The first-order chi connectivity index (χ1) is 11.1. The van der Waals surface area contributed by atoms with Gasteiger partial charge in [-0.3, -0.25) is 14.4 Å². The first-order valence-corrected chi connectivity index (χ1v) is 8.44. The Morgan fingerprint density at radius 1 is 1.30 bits per heavy atom. The summed E-state index contributed by atoms with van der Waals surface area (Å²) in [5, 5.41) is 3.29. The van der Waals surface area contributed by atoms with Gasteiger partial charge < -0.3 is 9.80 Å². The quantitative estimate of drug-likeness (QED) is 0.902. The van der Waals surface area contributed by atoms with Gasteiger partial charge in [-0.25, -0.2) is 0 Å². The highest BCUT2D eigenvalue weighted by Gasteiger charge is 2.42. The van der Waals surface area contributed by atoms with E-state index in [1.165, 1.54) is 10.1 Å². The number of piperazine rings is 1. The number of rotatable bonds is 2. The maximum absolute atomic E-state index is 12.5. The summed E-state index contributed by atoms with van der Waals surface area (Å²) in [5.41, 5.74) is 4.02. The number of nitrogens with zero attached hydrogens (tertiary/aromatic N) is 2. The van der Waals surface area contributed by atoms with Crippen molar-refractivity contribution in [2.24, 2.45) is 0 Å². The lowest BCUT2D eigenvalue weighted by Crippen LogP contribution is -2.69. The zero-order valence-electron chi connectivity index (χ0n) is 12.7. The van der Waals surface area contributed by atoms with Crippen molar-refractivity contribution in [3.05, 3.63) is 35.2 Å². The Balaban J connectivity index is 1.61. The maximum atomic E-state index is 12.5. The minimum atomic E-state index is -0.293. The second-order valence-electron chi connectivity index (χ2n) is 5.89. The number of carbonyl (C=O) groups is 2. The van der Waals surface area contributed by atoms with E-state index in [0.29, 0.717) is 6.54 Å². The number of benzene rings is 1. The van der Waals surface area contributed by atoms with E-state index >= 15 is 0 Å². The number of amides is 2. The molecule has 0 saturated carbocycles. The number of nitrogens with one attached hydrogen (secondary N) is 1. The Bertz CT molecular complexity index is 775. The summed E-state index contributed by atoms with van der Waals surface area (Å²) in [6, 6.07) is 8.04. The SMILES string of the molecule is CC1C2NOCC(=O)N2CC(=O)N1Cc1csc2ccccc12. The predicted octanol–water partition coefficient (Wildman–Crippen LogP) is 1.32. The summed E-state index contributed by atoms with van der Waals surface area (Å²) in [4.78, 5) is 33.0. The van der Waals surface area contributed by atoms with E-state index in [2.05, 4.69) is 23.0 Å². The summed E-state index contributed by atoms with van der Waals surface area (Å²) < 4.78 is 1.22. The highest BCUT2D eigenvalue weighted by atomic mass is 32.1. The molecule has 2 aromatic rings. The first kappa shape index (κ1) is 14.6. The highest BCUT2D eigenvalue weighted by molar-refractivity contribution is 7.17. The molecule has 4 rings (SSSR count). The van der Waals surface area contributed by atoms with E-state index in [9.17, 15) is 9.59 Å². The number of hydrogen-bond donors (Lipinski definition) is 1. The molecule has 2 fully saturated rings. The van der Waals surface area contributed by atoms with E-state index in [-0.39, 0.29) is 37.2 Å². The van der Waals surface area contributed by atoms with Crippen LogP contribution in [0.15, 0.2) is 29.6 Å². The number of carbonyl (C=O) groups excluding carboxylic acids is 2. The lowest BCUT2D eigenvalue weighted by Gasteiger charge is -2.47. The topological polar surface area (TPSA) is 61.9 Å². The van der Waals surface area contributed by atoms with Gasteiger partial charge in [0.2, 0.25) is 5.91 Å². The Morgan fingerprint density at radius 2 is 2.13 bits per heavy atom. The van der Waals surface area contributed by atoms with Crippen LogP contribution in [0.25, 0.3) is 10.1 Å². The van der Waals surface area contributed by atoms with Crippen molar-refractivity contribution in [3.8, 4) is 0 Å². The summed E-state index contributed by atoms with van der Waals surface area (Å²) in [5.74, 6) is -0.171. The molecular weight excluding hydrogens is 314 g/mol. The van der Waals surface area contributed by atoms with Gasteiger partial charge in [-0.2, -0.15) is 5.48 Å². The van der Waals surface area contributed by atoms with Crippen LogP contribution in [0.4, 0.5) is 0 Å². The van der Waals surface area contributed by atoms with Gasteiger partial charge in [-0.1, -0.05) is 18.2 Å². The molecule has 1 aromatic heterocycles. The van der Waals surface area contributed by atoms with Crippen LogP contribution < -0.4 is 5.48 Å². The molecule has 2 aliphatic heterocycles. The summed E-state index contributed by atoms with van der Waals surface area (Å²) in [6.45, 7) is 2.57. The molecule has 0 aliphatic carbocycles. The Hall–Kier alpha value is -1.96. The molecule has 6 nitrogen and oxygen atoms in total. The fraction of sp³-hybridized carbons (Fsp3) is 0.375. The fourth-order valence-electron chi connectivity index (χ4n) is 3.24. The molecule has 0 radical (unpaired) electrons. The lowest BCUT2D eigenvalue weighted by molar-refractivity contribution is -0.181. The monoisotopic (exact) mass is 331 g/mol. The zero-order valence-corrected chi connectivity index (χ0v) is 13.5. The van der Waals surface area contributed by atoms with Crippen molar-refractivity contribution in [2.45, 2.75) is 25.7 Å². The molecule has 2 aliphatic rings. The lowest BCUT2D eigenvalue weighted by atomic mass is 10.1. The smallest absolute Gasteiger partial charge is 0.252 e. The van der Waals surface area contributed by atoms with Gasteiger partial charge in [0.25, 0.3) is 5.91 Å². The first-order valence-electron chi connectivity index (χ1n) is 7.56. The van der Waals surface area contributed by atoms with Crippen LogP contribution in [0.3, 0.4) is 0 Å².